The molecule has 1 rings (SSSR count). The Morgan fingerprint density at radius 2 is 2.00 bits per heavy atom. The van der Waals surface area contributed by atoms with E-state index in [4.69, 9.17) is 23.2 Å². The highest BCUT2D eigenvalue weighted by molar-refractivity contribution is 6.18. The van der Waals surface area contributed by atoms with Crippen LogP contribution in [0.4, 0.5) is 0 Å². The van der Waals surface area contributed by atoms with E-state index in [1.54, 1.807) is 12.1 Å². The Balaban J connectivity index is 3.34. The molecule has 0 aliphatic carbocycles. The zero-order chi connectivity index (χ0) is 10.7. The molecular formula is C10H10Cl2O2. The van der Waals surface area contributed by atoms with Gasteiger partial charge in [0.2, 0.25) is 0 Å². The van der Waals surface area contributed by atoms with Gasteiger partial charge in [0.25, 0.3) is 0 Å². The van der Waals surface area contributed by atoms with Crippen molar-refractivity contribution in [2.24, 2.45) is 0 Å². The predicted octanol–water partition coefficient (Wildman–Crippen LogP) is 3.07. The summed E-state index contributed by atoms with van der Waals surface area (Å²) in [6, 6.07) is 3.28. The zero-order valence-electron chi connectivity index (χ0n) is 7.68. The molecule has 0 saturated carbocycles. The number of aromatic hydroxyl groups is 1. The van der Waals surface area contributed by atoms with Crippen LogP contribution in [-0.2, 0) is 11.8 Å². The van der Waals surface area contributed by atoms with E-state index in [9.17, 15) is 9.90 Å². The third-order valence-electron chi connectivity index (χ3n) is 1.93. The molecule has 76 valence electrons. The normalized spacial score (nSPS) is 10.2. The molecule has 0 amide bonds. The van der Waals surface area contributed by atoms with Gasteiger partial charge in [0, 0.05) is 11.4 Å². The molecule has 0 unspecified atom stereocenters. The minimum Gasteiger partial charge on any atom is -0.507 e. The average molecular weight is 233 g/mol. The van der Waals surface area contributed by atoms with Crippen LogP contribution in [0.5, 0.6) is 5.75 Å². The number of phenolic OH excluding ortho intramolecular Hbond substituents is 1. The molecule has 0 aromatic heterocycles. The van der Waals surface area contributed by atoms with Gasteiger partial charge in [-0.1, -0.05) is 0 Å². The van der Waals surface area contributed by atoms with E-state index in [-0.39, 0.29) is 23.0 Å². The second-order valence-electron chi connectivity index (χ2n) is 2.97. The van der Waals surface area contributed by atoms with Crippen LogP contribution in [0, 0.1) is 0 Å². The average Bonchev–Trinajstić information content (AvgIpc) is 2.17. The lowest BCUT2D eigenvalue weighted by atomic mass is 10.0. The molecule has 1 N–H and O–H groups in total. The van der Waals surface area contributed by atoms with Gasteiger partial charge < -0.3 is 5.11 Å². The maximum atomic E-state index is 11.2. The van der Waals surface area contributed by atoms with Crippen molar-refractivity contribution in [3.63, 3.8) is 0 Å². The molecule has 0 aliphatic rings. The van der Waals surface area contributed by atoms with Crippen molar-refractivity contribution in [1.29, 1.82) is 0 Å². The van der Waals surface area contributed by atoms with Crippen LogP contribution >= 0.6 is 23.2 Å². The number of phenols is 1. The number of alkyl halides is 2. The number of carbonyl (C=O) groups is 1. The van der Waals surface area contributed by atoms with E-state index in [1.807, 2.05) is 0 Å². The van der Waals surface area contributed by atoms with Crippen LogP contribution in [0.25, 0.3) is 0 Å². The molecule has 0 spiro atoms. The van der Waals surface area contributed by atoms with Crippen molar-refractivity contribution in [2.45, 2.75) is 18.7 Å². The van der Waals surface area contributed by atoms with Crippen LogP contribution in [-0.4, -0.2) is 10.9 Å². The highest BCUT2D eigenvalue weighted by Gasteiger charge is 2.12. The molecule has 0 aliphatic heterocycles. The van der Waals surface area contributed by atoms with Gasteiger partial charge in [0.1, 0.15) is 5.75 Å². The van der Waals surface area contributed by atoms with Crippen LogP contribution in [0.3, 0.4) is 0 Å². The Labute approximate surface area is 92.5 Å². The van der Waals surface area contributed by atoms with Gasteiger partial charge in [0.15, 0.2) is 5.78 Å². The molecule has 0 radical (unpaired) electrons. The highest BCUT2D eigenvalue weighted by atomic mass is 35.5. The van der Waals surface area contributed by atoms with Gasteiger partial charge in [-0.3, -0.25) is 4.79 Å². The minimum absolute atomic E-state index is 0.0404. The number of halogens is 2. The summed E-state index contributed by atoms with van der Waals surface area (Å²) < 4.78 is 0. The molecule has 0 atom stereocenters. The van der Waals surface area contributed by atoms with E-state index < -0.39 is 0 Å². The van der Waals surface area contributed by atoms with Crippen molar-refractivity contribution >= 4 is 29.0 Å². The van der Waals surface area contributed by atoms with Gasteiger partial charge in [0.05, 0.1) is 11.4 Å². The summed E-state index contributed by atoms with van der Waals surface area (Å²) in [6.07, 6.45) is 0. The number of benzene rings is 1. The highest BCUT2D eigenvalue weighted by Crippen LogP contribution is 2.27. The fourth-order valence-corrected chi connectivity index (χ4v) is 1.57. The number of hydrogen-bond donors (Lipinski definition) is 1. The van der Waals surface area contributed by atoms with Gasteiger partial charge >= 0.3 is 0 Å². The van der Waals surface area contributed by atoms with E-state index in [1.165, 1.54) is 6.92 Å². The largest absolute Gasteiger partial charge is 0.507 e. The molecule has 0 bridgehead atoms. The smallest absolute Gasteiger partial charge is 0.163 e. The van der Waals surface area contributed by atoms with Gasteiger partial charge in [-0.25, -0.2) is 0 Å². The monoisotopic (exact) mass is 232 g/mol. The summed E-state index contributed by atoms with van der Waals surface area (Å²) >= 11 is 11.3. The molecular weight excluding hydrogens is 223 g/mol. The Morgan fingerprint density at radius 3 is 2.43 bits per heavy atom. The Kier molecular flexibility index (Phi) is 3.78. The maximum absolute atomic E-state index is 11.2. The number of Topliss-reactive ketones (excluding diaryl/α,β-unsaturated/α-hetero) is 1. The van der Waals surface area contributed by atoms with Crippen molar-refractivity contribution in [2.75, 3.05) is 0 Å². The lowest BCUT2D eigenvalue weighted by Gasteiger charge is -2.07. The molecule has 0 heterocycles. The fourth-order valence-electron chi connectivity index (χ4n) is 1.21. The third kappa shape index (κ3) is 2.20. The van der Waals surface area contributed by atoms with Crippen molar-refractivity contribution in [1.82, 2.24) is 0 Å². The van der Waals surface area contributed by atoms with Crippen LogP contribution in [0.2, 0.25) is 0 Å². The third-order valence-corrected chi connectivity index (χ3v) is 2.52. The summed E-state index contributed by atoms with van der Waals surface area (Å²) in [7, 11) is 0. The minimum atomic E-state index is -0.194. The standard InChI is InChI=1S/C10H10Cl2O2/c1-6(13)9-3-7(4-11)2-8(5-12)10(9)14/h2-3,14H,4-5H2,1H3. The number of rotatable bonds is 3. The van der Waals surface area contributed by atoms with Crippen LogP contribution < -0.4 is 0 Å². The summed E-state index contributed by atoms with van der Waals surface area (Å²) in [5.74, 6) is 0.226. The number of hydrogen-bond acceptors (Lipinski definition) is 2. The number of carbonyl (C=O) groups excluding carboxylic acids is 1. The van der Waals surface area contributed by atoms with Crippen LogP contribution in [0.1, 0.15) is 28.4 Å². The maximum Gasteiger partial charge on any atom is 0.163 e. The van der Waals surface area contributed by atoms with Gasteiger partial charge in [-0.2, -0.15) is 0 Å². The topological polar surface area (TPSA) is 37.3 Å². The van der Waals surface area contributed by atoms with Crippen molar-refractivity contribution in [3.8, 4) is 5.75 Å². The fraction of sp³-hybridized carbons (Fsp3) is 0.300. The SMILES string of the molecule is CC(=O)c1cc(CCl)cc(CCl)c1O. The zero-order valence-corrected chi connectivity index (χ0v) is 9.19. The van der Waals surface area contributed by atoms with Crippen LogP contribution in [0.15, 0.2) is 12.1 Å². The summed E-state index contributed by atoms with van der Waals surface area (Å²) in [5, 5.41) is 9.63. The second kappa shape index (κ2) is 4.67. The van der Waals surface area contributed by atoms with Gasteiger partial charge in [-0.05, 0) is 24.6 Å². The quantitative estimate of drug-likeness (QED) is 0.643. The first kappa shape index (κ1) is 11.3. The molecule has 1 aromatic carbocycles. The summed E-state index contributed by atoms with van der Waals surface area (Å²) in [4.78, 5) is 11.2. The Bertz CT molecular complexity index is 361. The molecule has 0 fully saturated rings. The van der Waals surface area contributed by atoms with E-state index in [2.05, 4.69) is 0 Å². The van der Waals surface area contributed by atoms with E-state index in [0.717, 1.165) is 5.56 Å². The lowest BCUT2D eigenvalue weighted by molar-refractivity contribution is 0.101. The Hall–Kier alpha value is -0.730. The van der Waals surface area contributed by atoms with E-state index >= 15 is 0 Å². The molecule has 2 nitrogen and oxygen atoms in total. The van der Waals surface area contributed by atoms with E-state index in [0.29, 0.717) is 11.4 Å². The first-order valence-corrected chi connectivity index (χ1v) is 5.14. The first-order valence-electron chi connectivity index (χ1n) is 4.07. The first-order chi connectivity index (χ1) is 6.60. The summed E-state index contributed by atoms with van der Waals surface area (Å²) in [5.41, 5.74) is 1.60. The lowest BCUT2D eigenvalue weighted by Crippen LogP contribution is -1.97. The molecule has 14 heavy (non-hydrogen) atoms. The molecule has 0 saturated heterocycles. The van der Waals surface area contributed by atoms with Crippen molar-refractivity contribution in [3.05, 3.63) is 28.8 Å². The molecule has 4 heteroatoms. The van der Waals surface area contributed by atoms with Crippen molar-refractivity contribution < 1.29 is 9.90 Å². The molecule has 1 aromatic rings. The Morgan fingerprint density at radius 1 is 1.36 bits per heavy atom. The van der Waals surface area contributed by atoms with Gasteiger partial charge in [-0.15, -0.1) is 23.2 Å². The number of ketones is 1. The predicted molar refractivity (Wildman–Crippen MR) is 57.2 cm³/mol. The second-order valence-corrected chi connectivity index (χ2v) is 3.51. The summed E-state index contributed by atoms with van der Waals surface area (Å²) in [6.45, 7) is 1.39.